The zero-order valence-electron chi connectivity index (χ0n) is 15.2. The summed E-state index contributed by atoms with van der Waals surface area (Å²) < 4.78 is 16.3. The quantitative estimate of drug-likeness (QED) is 0.552. The lowest BCUT2D eigenvalue weighted by molar-refractivity contribution is -0.137. The molecule has 5 nitrogen and oxygen atoms in total. The molecule has 2 aromatic rings. The number of hydrogen-bond acceptors (Lipinski definition) is 5. The molecule has 5 heteroatoms. The van der Waals surface area contributed by atoms with Crippen LogP contribution >= 0.6 is 0 Å². The summed E-state index contributed by atoms with van der Waals surface area (Å²) in [5.74, 6) is 0.868. The molecule has 0 unspecified atom stereocenters. The molecule has 0 fully saturated rings. The third-order valence-electron chi connectivity index (χ3n) is 3.76. The van der Waals surface area contributed by atoms with Gasteiger partial charge in [-0.3, -0.25) is 0 Å². The zero-order valence-corrected chi connectivity index (χ0v) is 15.2. The molecule has 138 valence electrons. The third kappa shape index (κ3) is 5.63. The summed E-state index contributed by atoms with van der Waals surface area (Å²) in [6, 6.07) is 13.7. The van der Waals surface area contributed by atoms with E-state index in [2.05, 4.69) is 0 Å². The maximum absolute atomic E-state index is 11.6. The zero-order chi connectivity index (χ0) is 18.8. The van der Waals surface area contributed by atoms with Crippen molar-refractivity contribution in [1.29, 1.82) is 0 Å². The van der Waals surface area contributed by atoms with E-state index in [1.54, 1.807) is 20.1 Å². The van der Waals surface area contributed by atoms with Crippen LogP contribution < -0.4 is 15.2 Å². The first kappa shape index (κ1) is 19.5. The highest BCUT2D eigenvalue weighted by atomic mass is 16.5. The lowest BCUT2D eigenvalue weighted by atomic mass is 10.0. The Labute approximate surface area is 154 Å². The van der Waals surface area contributed by atoms with Crippen molar-refractivity contribution in [2.45, 2.75) is 20.0 Å². The number of ether oxygens (including phenoxy) is 3. The van der Waals surface area contributed by atoms with Crippen molar-refractivity contribution in [2.24, 2.45) is 5.73 Å². The molecule has 0 amide bonds. The van der Waals surface area contributed by atoms with Crippen LogP contribution in [0, 0.1) is 0 Å². The highest BCUT2D eigenvalue weighted by Gasteiger charge is 2.11. The molecular formula is C21H25NO4. The van der Waals surface area contributed by atoms with Gasteiger partial charge in [0.05, 0.1) is 13.7 Å². The molecule has 0 saturated heterocycles. The molecule has 2 aromatic carbocycles. The topological polar surface area (TPSA) is 70.8 Å². The Morgan fingerprint density at radius 1 is 1.15 bits per heavy atom. The predicted octanol–water partition coefficient (Wildman–Crippen LogP) is 3.35. The van der Waals surface area contributed by atoms with E-state index in [0.717, 1.165) is 16.7 Å². The number of carbonyl (C=O) groups excluding carboxylic acids is 1. The number of methoxy groups -OCH3 is 1. The minimum atomic E-state index is -0.380. The Bertz CT molecular complexity index is 741. The molecule has 0 aliphatic rings. The van der Waals surface area contributed by atoms with Crippen molar-refractivity contribution in [1.82, 2.24) is 0 Å². The van der Waals surface area contributed by atoms with E-state index in [0.29, 0.717) is 37.7 Å². The smallest absolute Gasteiger partial charge is 0.330 e. The van der Waals surface area contributed by atoms with Crippen LogP contribution in [0.15, 0.2) is 48.5 Å². The summed E-state index contributed by atoms with van der Waals surface area (Å²) in [6.07, 6.45) is 3.78. The van der Waals surface area contributed by atoms with Gasteiger partial charge in [0.25, 0.3) is 0 Å². The van der Waals surface area contributed by atoms with E-state index in [4.69, 9.17) is 19.9 Å². The third-order valence-corrected chi connectivity index (χ3v) is 3.76. The summed E-state index contributed by atoms with van der Waals surface area (Å²) in [4.78, 5) is 11.6. The first-order valence-corrected chi connectivity index (χ1v) is 8.60. The molecular weight excluding hydrogens is 330 g/mol. The van der Waals surface area contributed by atoms with E-state index in [1.807, 2.05) is 42.5 Å². The van der Waals surface area contributed by atoms with Crippen molar-refractivity contribution in [3.63, 3.8) is 0 Å². The Morgan fingerprint density at radius 2 is 1.92 bits per heavy atom. The van der Waals surface area contributed by atoms with Gasteiger partial charge in [0, 0.05) is 6.08 Å². The van der Waals surface area contributed by atoms with Crippen molar-refractivity contribution >= 4 is 12.0 Å². The average Bonchev–Trinajstić information content (AvgIpc) is 2.66. The molecule has 0 aromatic heterocycles. The molecule has 0 saturated carbocycles. The SMILES string of the molecule is CCOC(=O)/C=C/c1cc(OC)c(OCc2ccccc2)cc1CCN. The number of esters is 1. The molecule has 2 rings (SSSR count). The Balaban J connectivity index is 2.25. The van der Waals surface area contributed by atoms with Crippen molar-refractivity contribution in [3.8, 4) is 11.5 Å². The first-order chi connectivity index (χ1) is 12.7. The lowest BCUT2D eigenvalue weighted by Gasteiger charge is -2.15. The first-order valence-electron chi connectivity index (χ1n) is 8.60. The van der Waals surface area contributed by atoms with Crippen molar-refractivity contribution in [3.05, 3.63) is 65.2 Å². The Morgan fingerprint density at radius 3 is 2.58 bits per heavy atom. The van der Waals surface area contributed by atoms with Gasteiger partial charge in [-0.2, -0.15) is 0 Å². The van der Waals surface area contributed by atoms with Crippen LogP contribution in [0.4, 0.5) is 0 Å². The predicted molar refractivity (Wildman–Crippen MR) is 102 cm³/mol. The molecule has 0 aliphatic carbocycles. The molecule has 0 bridgehead atoms. The fraction of sp³-hybridized carbons (Fsp3) is 0.286. The monoisotopic (exact) mass is 355 g/mol. The van der Waals surface area contributed by atoms with Gasteiger partial charge in [0.15, 0.2) is 11.5 Å². The molecule has 0 atom stereocenters. The fourth-order valence-electron chi connectivity index (χ4n) is 2.50. The number of nitrogens with two attached hydrogens (primary N) is 1. The molecule has 0 aliphatic heterocycles. The van der Waals surface area contributed by atoms with Crippen LogP contribution in [0.5, 0.6) is 11.5 Å². The van der Waals surface area contributed by atoms with Crippen molar-refractivity contribution < 1.29 is 19.0 Å². The maximum atomic E-state index is 11.6. The number of benzene rings is 2. The average molecular weight is 355 g/mol. The highest BCUT2D eigenvalue weighted by molar-refractivity contribution is 5.87. The van der Waals surface area contributed by atoms with Crippen molar-refractivity contribution in [2.75, 3.05) is 20.3 Å². The second kappa shape index (κ2) is 10.3. The summed E-state index contributed by atoms with van der Waals surface area (Å²) >= 11 is 0. The van der Waals surface area contributed by atoms with E-state index in [-0.39, 0.29) is 5.97 Å². The molecule has 2 N–H and O–H groups in total. The molecule has 0 radical (unpaired) electrons. The number of hydrogen-bond donors (Lipinski definition) is 1. The number of rotatable bonds is 9. The summed E-state index contributed by atoms with van der Waals surface area (Å²) in [5.41, 5.74) is 8.64. The van der Waals surface area contributed by atoms with Gasteiger partial charge in [-0.25, -0.2) is 4.79 Å². The van der Waals surface area contributed by atoms with Crippen LogP contribution in [0.3, 0.4) is 0 Å². The van der Waals surface area contributed by atoms with Crippen LogP contribution in [0.2, 0.25) is 0 Å². The Hall–Kier alpha value is -2.79. The highest BCUT2D eigenvalue weighted by Crippen LogP contribution is 2.32. The van der Waals surface area contributed by atoms with Gasteiger partial charge in [-0.15, -0.1) is 0 Å². The van der Waals surface area contributed by atoms with Crippen LogP contribution in [-0.4, -0.2) is 26.2 Å². The van der Waals surface area contributed by atoms with E-state index < -0.39 is 0 Å². The summed E-state index contributed by atoms with van der Waals surface area (Å²) in [6.45, 7) is 3.05. The summed E-state index contributed by atoms with van der Waals surface area (Å²) in [7, 11) is 1.59. The van der Waals surface area contributed by atoms with E-state index >= 15 is 0 Å². The van der Waals surface area contributed by atoms with Gasteiger partial charge >= 0.3 is 5.97 Å². The van der Waals surface area contributed by atoms with Gasteiger partial charge in [0.2, 0.25) is 0 Å². The van der Waals surface area contributed by atoms with Crippen LogP contribution in [0.25, 0.3) is 6.08 Å². The largest absolute Gasteiger partial charge is 0.493 e. The normalized spacial score (nSPS) is 10.7. The minimum Gasteiger partial charge on any atom is -0.493 e. The minimum absolute atomic E-state index is 0.342. The van der Waals surface area contributed by atoms with Gasteiger partial charge in [-0.1, -0.05) is 30.3 Å². The fourth-order valence-corrected chi connectivity index (χ4v) is 2.50. The van der Waals surface area contributed by atoms with Gasteiger partial charge < -0.3 is 19.9 Å². The lowest BCUT2D eigenvalue weighted by Crippen LogP contribution is -2.06. The maximum Gasteiger partial charge on any atom is 0.330 e. The standard InChI is InChI=1S/C21H25NO4/c1-3-25-21(23)10-9-17-13-19(24-2)20(14-18(17)11-12-22)26-15-16-7-5-4-6-8-16/h4-10,13-14H,3,11-12,15,22H2,1-2H3/b10-9+. The molecule has 0 spiro atoms. The van der Waals surface area contributed by atoms with E-state index in [1.165, 1.54) is 6.08 Å². The van der Waals surface area contributed by atoms with Gasteiger partial charge in [0.1, 0.15) is 6.61 Å². The molecule has 0 heterocycles. The van der Waals surface area contributed by atoms with E-state index in [9.17, 15) is 4.79 Å². The van der Waals surface area contributed by atoms with Crippen LogP contribution in [-0.2, 0) is 22.6 Å². The number of carbonyl (C=O) groups is 1. The van der Waals surface area contributed by atoms with Gasteiger partial charge in [-0.05, 0) is 54.8 Å². The second-order valence-electron chi connectivity index (χ2n) is 5.60. The van der Waals surface area contributed by atoms with Crippen LogP contribution in [0.1, 0.15) is 23.6 Å². The molecule has 26 heavy (non-hydrogen) atoms. The summed E-state index contributed by atoms with van der Waals surface area (Å²) in [5, 5.41) is 0. The second-order valence-corrected chi connectivity index (χ2v) is 5.60. The Kier molecular flexibility index (Phi) is 7.71.